The number of halogens is 1. The van der Waals surface area contributed by atoms with Crippen molar-refractivity contribution in [3.8, 4) is 0 Å². The van der Waals surface area contributed by atoms with Gasteiger partial charge in [0.1, 0.15) is 0 Å². The van der Waals surface area contributed by atoms with Crippen LogP contribution in [0.25, 0.3) is 0 Å². The lowest BCUT2D eigenvalue weighted by Gasteiger charge is -2.34. The third kappa shape index (κ3) is 7.02. The predicted octanol–water partition coefficient (Wildman–Crippen LogP) is 2.89. The highest BCUT2D eigenvalue weighted by Gasteiger charge is 2.23. The van der Waals surface area contributed by atoms with E-state index in [2.05, 4.69) is 49.9 Å². The predicted molar refractivity (Wildman–Crippen MR) is 122 cm³/mol. The molecule has 0 aromatic carbocycles. The van der Waals surface area contributed by atoms with Gasteiger partial charge in [0.25, 0.3) is 0 Å². The zero-order valence-electron chi connectivity index (χ0n) is 15.6. The minimum atomic E-state index is 0. The Morgan fingerprint density at radius 2 is 2.11 bits per heavy atom. The molecule has 6 nitrogen and oxygen atoms in total. The SMILES string of the molecule is CCNC(=NCc1ccccn1)NCC(c1cccs1)N1CCOCC1.I. The number of hydrogen-bond donors (Lipinski definition) is 2. The van der Waals surface area contributed by atoms with Crippen molar-refractivity contribution in [2.45, 2.75) is 19.5 Å². The fourth-order valence-corrected chi connectivity index (χ4v) is 3.83. The second-order valence-corrected chi connectivity index (χ2v) is 7.06. The molecule has 3 heterocycles. The molecule has 0 radical (unpaired) electrons. The first-order valence-electron chi connectivity index (χ1n) is 9.14. The second-order valence-electron chi connectivity index (χ2n) is 6.08. The van der Waals surface area contributed by atoms with Gasteiger partial charge in [-0.2, -0.15) is 0 Å². The molecule has 0 bridgehead atoms. The number of ether oxygens (including phenoxy) is 1. The van der Waals surface area contributed by atoms with Gasteiger partial charge in [-0.25, -0.2) is 4.99 Å². The Kier molecular flexibility index (Phi) is 10.0. The van der Waals surface area contributed by atoms with Gasteiger partial charge >= 0.3 is 0 Å². The molecule has 0 spiro atoms. The summed E-state index contributed by atoms with van der Waals surface area (Å²) in [4.78, 5) is 12.9. The molecular weight excluding hydrogens is 473 g/mol. The van der Waals surface area contributed by atoms with Gasteiger partial charge in [0.05, 0.1) is 31.5 Å². The molecule has 0 amide bonds. The van der Waals surface area contributed by atoms with Crippen molar-refractivity contribution < 1.29 is 4.74 Å². The van der Waals surface area contributed by atoms with E-state index in [-0.39, 0.29) is 24.0 Å². The van der Waals surface area contributed by atoms with Crippen molar-refractivity contribution in [3.05, 3.63) is 52.5 Å². The van der Waals surface area contributed by atoms with Gasteiger partial charge in [-0.1, -0.05) is 12.1 Å². The second kappa shape index (κ2) is 12.3. The van der Waals surface area contributed by atoms with Crippen LogP contribution < -0.4 is 10.6 Å². The number of morpholine rings is 1. The average Bonchev–Trinajstić information content (AvgIpc) is 3.22. The van der Waals surface area contributed by atoms with Crippen LogP contribution in [0.3, 0.4) is 0 Å². The van der Waals surface area contributed by atoms with E-state index >= 15 is 0 Å². The minimum Gasteiger partial charge on any atom is -0.379 e. The van der Waals surface area contributed by atoms with Crippen molar-refractivity contribution in [2.75, 3.05) is 39.4 Å². The van der Waals surface area contributed by atoms with E-state index in [0.29, 0.717) is 12.6 Å². The van der Waals surface area contributed by atoms with E-state index < -0.39 is 0 Å². The van der Waals surface area contributed by atoms with Gasteiger partial charge in [0.2, 0.25) is 0 Å². The summed E-state index contributed by atoms with van der Waals surface area (Å²) in [6.45, 7) is 7.82. The van der Waals surface area contributed by atoms with Gasteiger partial charge in [0, 0.05) is 37.3 Å². The number of nitrogens with zero attached hydrogens (tertiary/aromatic N) is 3. The summed E-state index contributed by atoms with van der Waals surface area (Å²) in [5.74, 6) is 0.827. The third-order valence-electron chi connectivity index (χ3n) is 4.29. The molecule has 1 fully saturated rings. The third-order valence-corrected chi connectivity index (χ3v) is 5.26. The summed E-state index contributed by atoms with van der Waals surface area (Å²) in [7, 11) is 0. The Bertz CT molecular complexity index is 662. The number of thiophene rings is 1. The fraction of sp³-hybridized carbons (Fsp3) is 0.474. The van der Waals surface area contributed by atoms with E-state index in [0.717, 1.165) is 51.0 Å². The van der Waals surface area contributed by atoms with Gasteiger partial charge in [-0.05, 0) is 30.5 Å². The van der Waals surface area contributed by atoms with Crippen LogP contribution in [0.15, 0.2) is 46.9 Å². The molecule has 1 atom stereocenters. The number of guanidine groups is 1. The molecule has 148 valence electrons. The van der Waals surface area contributed by atoms with Crippen molar-refractivity contribution in [1.29, 1.82) is 0 Å². The van der Waals surface area contributed by atoms with Crippen molar-refractivity contribution in [1.82, 2.24) is 20.5 Å². The van der Waals surface area contributed by atoms with E-state index in [1.165, 1.54) is 4.88 Å². The summed E-state index contributed by atoms with van der Waals surface area (Å²) in [6.07, 6.45) is 1.80. The highest BCUT2D eigenvalue weighted by Crippen LogP contribution is 2.25. The summed E-state index contributed by atoms with van der Waals surface area (Å²) in [6, 6.07) is 10.6. The van der Waals surface area contributed by atoms with Crippen molar-refractivity contribution in [3.63, 3.8) is 0 Å². The topological polar surface area (TPSA) is 61.8 Å². The molecule has 0 saturated carbocycles. The fourth-order valence-electron chi connectivity index (χ4n) is 2.97. The lowest BCUT2D eigenvalue weighted by molar-refractivity contribution is 0.0177. The molecule has 1 saturated heterocycles. The summed E-state index contributed by atoms with van der Waals surface area (Å²) >= 11 is 1.81. The number of rotatable bonds is 7. The zero-order valence-corrected chi connectivity index (χ0v) is 18.8. The highest BCUT2D eigenvalue weighted by atomic mass is 127. The lowest BCUT2D eigenvalue weighted by atomic mass is 10.2. The Labute approximate surface area is 182 Å². The lowest BCUT2D eigenvalue weighted by Crippen LogP contribution is -2.46. The normalized spacial score (nSPS) is 16.4. The van der Waals surface area contributed by atoms with Crippen LogP contribution in [0.2, 0.25) is 0 Å². The summed E-state index contributed by atoms with van der Waals surface area (Å²) in [5.41, 5.74) is 0.965. The molecule has 1 aliphatic rings. The monoisotopic (exact) mass is 501 g/mol. The largest absolute Gasteiger partial charge is 0.379 e. The number of hydrogen-bond acceptors (Lipinski definition) is 5. The first-order valence-corrected chi connectivity index (χ1v) is 10.0. The minimum absolute atomic E-state index is 0. The molecular formula is C19H28IN5OS. The van der Waals surface area contributed by atoms with Crippen molar-refractivity contribution in [2.24, 2.45) is 4.99 Å². The maximum Gasteiger partial charge on any atom is 0.191 e. The van der Waals surface area contributed by atoms with Crippen LogP contribution in [0.4, 0.5) is 0 Å². The van der Waals surface area contributed by atoms with E-state index in [4.69, 9.17) is 4.74 Å². The van der Waals surface area contributed by atoms with Gasteiger partial charge in [-0.3, -0.25) is 9.88 Å². The summed E-state index contributed by atoms with van der Waals surface area (Å²) < 4.78 is 5.52. The van der Waals surface area contributed by atoms with Crippen LogP contribution in [0, 0.1) is 0 Å². The van der Waals surface area contributed by atoms with Crippen LogP contribution >= 0.6 is 35.3 Å². The highest BCUT2D eigenvalue weighted by molar-refractivity contribution is 14.0. The molecule has 0 aliphatic carbocycles. The molecule has 8 heteroatoms. The van der Waals surface area contributed by atoms with Crippen molar-refractivity contribution >= 4 is 41.3 Å². The first-order chi connectivity index (χ1) is 12.9. The van der Waals surface area contributed by atoms with E-state index in [1.807, 2.05) is 29.5 Å². The van der Waals surface area contributed by atoms with Crippen LogP contribution in [0.5, 0.6) is 0 Å². The van der Waals surface area contributed by atoms with Crippen LogP contribution in [-0.4, -0.2) is 55.2 Å². The number of nitrogens with one attached hydrogen (secondary N) is 2. The smallest absolute Gasteiger partial charge is 0.191 e. The van der Waals surface area contributed by atoms with E-state index in [1.54, 1.807) is 6.20 Å². The maximum absolute atomic E-state index is 5.52. The molecule has 1 unspecified atom stereocenters. The Morgan fingerprint density at radius 3 is 2.78 bits per heavy atom. The van der Waals surface area contributed by atoms with Gasteiger partial charge in [-0.15, -0.1) is 35.3 Å². The molecule has 27 heavy (non-hydrogen) atoms. The maximum atomic E-state index is 5.52. The molecule has 2 aromatic rings. The van der Waals surface area contributed by atoms with Gasteiger partial charge in [0.15, 0.2) is 5.96 Å². The Balaban J connectivity index is 0.00000261. The Morgan fingerprint density at radius 1 is 1.26 bits per heavy atom. The first kappa shape index (κ1) is 22.1. The number of pyridine rings is 1. The molecule has 2 N–H and O–H groups in total. The van der Waals surface area contributed by atoms with Crippen LogP contribution in [0.1, 0.15) is 23.5 Å². The van der Waals surface area contributed by atoms with Gasteiger partial charge < -0.3 is 15.4 Å². The average molecular weight is 501 g/mol. The Hall–Kier alpha value is -1.23. The standard InChI is InChI=1S/C19H27N5OS.HI/c1-2-20-19(22-14-16-6-3-4-8-21-16)23-15-17(18-7-5-13-26-18)24-9-11-25-12-10-24;/h3-8,13,17H,2,9-12,14-15H2,1H3,(H2,20,22,23);1H. The molecule has 1 aliphatic heterocycles. The molecule has 3 rings (SSSR count). The molecule has 2 aromatic heterocycles. The zero-order chi connectivity index (χ0) is 18.0. The van der Waals surface area contributed by atoms with E-state index in [9.17, 15) is 0 Å². The number of aromatic nitrogens is 1. The summed E-state index contributed by atoms with van der Waals surface area (Å²) in [5, 5.41) is 8.98. The quantitative estimate of drug-likeness (QED) is 0.347. The van der Waals surface area contributed by atoms with Crippen LogP contribution in [-0.2, 0) is 11.3 Å². The number of aliphatic imine (C=N–C) groups is 1.